The van der Waals surface area contributed by atoms with Crippen LogP contribution >= 0.6 is 0 Å². The van der Waals surface area contributed by atoms with Crippen molar-refractivity contribution in [1.29, 1.82) is 0 Å². The van der Waals surface area contributed by atoms with Crippen molar-refractivity contribution in [3.8, 4) is 0 Å². The van der Waals surface area contributed by atoms with Crippen LogP contribution in [-0.4, -0.2) is 5.78 Å². The molecule has 1 atom stereocenters. The molecule has 0 heterocycles. The first-order chi connectivity index (χ1) is 6.93. The summed E-state index contributed by atoms with van der Waals surface area (Å²) in [6.45, 7) is 8.96. The molecule has 1 rings (SSSR count). The van der Waals surface area contributed by atoms with Gasteiger partial charge in [-0.2, -0.15) is 0 Å². The summed E-state index contributed by atoms with van der Waals surface area (Å²) in [6.07, 6.45) is 6.70. The fourth-order valence-electron chi connectivity index (χ4n) is 2.78. The lowest BCUT2D eigenvalue weighted by molar-refractivity contribution is -0.125. The maximum Gasteiger partial charge on any atom is 0.136 e. The highest BCUT2D eigenvalue weighted by molar-refractivity contribution is 5.82. The molecule has 1 heteroatoms. The first-order valence-electron chi connectivity index (χ1n) is 6.46. The van der Waals surface area contributed by atoms with Crippen LogP contribution in [0.25, 0.3) is 0 Å². The van der Waals surface area contributed by atoms with E-state index in [1.807, 2.05) is 0 Å². The standard InChI is InChI=1S/C14H26O/c1-11(2)7-5-9-13(15)12-8-6-10-14(12,3)4/h11-12H,5-10H2,1-4H3. The number of Topliss-reactive ketones (excluding diaryl/α,β-unsaturated/α-hetero) is 1. The normalized spacial score (nSPS) is 24.7. The number of carbonyl (C=O) groups is 1. The van der Waals surface area contributed by atoms with Gasteiger partial charge in [0.1, 0.15) is 5.78 Å². The number of hydrogen-bond acceptors (Lipinski definition) is 1. The van der Waals surface area contributed by atoms with Gasteiger partial charge in [-0.3, -0.25) is 4.79 Å². The summed E-state index contributed by atoms with van der Waals surface area (Å²) < 4.78 is 0. The second-order valence-electron chi connectivity index (χ2n) is 6.19. The molecule has 1 aliphatic carbocycles. The Morgan fingerprint density at radius 2 is 2.07 bits per heavy atom. The van der Waals surface area contributed by atoms with Crippen LogP contribution in [0.5, 0.6) is 0 Å². The van der Waals surface area contributed by atoms with Crippen molar-refractivity contribution in [2.24, 2.45) is 17.3 Å². The van der Waals surface area contributed by atoms with Crippen LogP contribution in [0.1, 0.15) is 66.2 Å². The van der Waals surface area contributed by atoms with Crippen molar-refractivity contribution < 1.29 is 4.79 Å². The van der Waals surface area contributed by atoms with Crippen LogP contribution in [0.3, 0.4) is 0 Å². The highest BCUT2D eigenvalue weighted by Crippen LogP contribution is 2.43. The van der Waals surface area contributed by atoms with Gasteiger partial charge in [0.25, 0.3) is 0 Å². The Morgan fingerprint density at radius 1 is 1.40 bits per heavy atom. The lowest BCUT2D eigenvalue weighted by Gasteiger charge is -2.25. The van der Waals surface area contributed by atoms with Crippen molar-refractivity contribution in [2.45, 2.75) is 66.2 Å². The predicted molar refractivity (Wildman–Crippen MR) is 64.8 cm³/mol. The van der Waals surface area contributed by atoms with Gasteiger partial charge in [-0.15, -0.1) is 0 Å². The SMILES string of the molecule is CC(C)CCCC(=O)C1CCCC1(C)C. The highest BCUT2D eigenvalue weighted by atomic mass is 16.1. The molecule has 1 saturated carbocycles. The molecular weight excluding hydrogens is 184 g/mol. The maximum absolute atomic E-state index is 12.0. The number of carbonyl (C=O) groups excluding carboxylic acids is 1. The van der Waals surface area contributed by atoms with Crippen LogP contribution in [0.15, 0.2) is 0 Å². The first kappa shape index (κ1) is 12.7. The Hall–Kier alpha value is -0.330. The Bertz CT molecular complexity index is 215. The Kier molecular flexibility index (Phi) is 4.36. The molecule has 0 spiro atoms. The molecule has 0 aromatic rings. The number of ketones is 1. The Labute approximate surface area is 94.6 Å². The van der Waals surface area contributed by atoms with E-state index in [0.717, 1.165) is 25.2 Å². The van der Waals surface area contributed by atoms with E-state index in [2.05, 4.69) is 27.7 Å². The zero-order chi connectivity index (χ0) is 11.5. The van der Waals surface area contributed by atoms with Crippen molar-refractivity contribution in [1.82, 2.24) is 0 Å². The van der Waals surface area contributed by atoms with E-state index in [4.69, 9.17) is 0 Å². The van der Waals surface area contributed by atoms with E-state index in [9.17, 15) is 4.79 Å². The van der Waals surface area contributed by atoms with Gasteiger partial charge < -0.3 is 0 Å². The van der Waals surface area contributed by atoms with Crippen LogP contribution < -0.4 is 0 Å². The quantitative estimate of drug-likeness (QED) is 0.664. The molecule has 0 aliphatic heterocycles. The van der Waals surface area contributed by atoms with Crippen molar-refractivity contribution >= 4 is 5.78 Å². The van der Waals surface area contributed by atoms with E-state index < -0.39 is 0 Å². The molecule has 0 aromatic heterocycles. The van der Waals surface area contributed by atoms with Crippen molar-refractivity contribution in [3.63, 3.8) is 0 Å². The van der Waals surface area contributed by atoms with Gasteiger partial charge in [0, 0.05) is 12.3 Å². The molecule has 1 aliphatic rings. The molecule has 1 fully saturated rings. The Morgan fingerprint density at radius 3 is 2.53 bits per heavy atom. The third-order valence-corrected chi connectivity index (χ3v) is 3.85. The third-order valence-electron chi connectivity index (χ3n) is 3.85. The molecule has 0 N–H and O–H groups in total. The van der Waals surface area contributed by atoms with Gasteiger partial charge in [0.05, 0.1) is 0 Å². The summed E-state index contributed by atoms with van der Waals surface area (Å²) in [5.74, 6) is 1.61. The molecular formula is C14H26O. The third kappa shape index (κ3) is 3.62. The zero-order valence-electron chi connectivity index (χ0n) is 10.8. The Balaban J connectivity index is 2.34. The molecule has 0 aromatic carbocycles. The summed E-state index contributed by atoms with van der Waals surface area (Å²) >= 11 is 0. The average Bonchev–Trinajstić information content (AvgIpc) is 2.44. The monoisotopic (exact) mass is 210 g/mol. The van der Waals surface area contributed by atoms with E-state index >= 15 is 0 Å². The first-order valence-corrected chi connectivity index (χ1v) is 6.46. The van der Waals surface area contributed by atoms with E-state index in [1.54, 1.807) is 0 Å². The molecule has 1 unspecified atom stereocenters. The van der Waals surface area contributed by atoms with Crippen LogP contribution in [0.2, 0.25) is 0 Å². The fraction of sp³-hybridized carbons (Fsp3) is 0.929. The lowest BCUT2D eigenvalue weighted by Crippen LogP contribution is -2.25. The predicted octanol–water partition coefficient (Wildman–Crippen LogP) is 4.21. The van der Waals surface area contributed by atoms with Crippen LogP contribution in [-0.2, 0) is 4.79 Å². The second kappa shape index (κ2) is 5.14. The highest BCUT2D eigenvalue weighted by Gasteiger charge is 2.38. The average molecular weight is 210 g/mol. The minimum atomic E-state index is 0.273. The van der Waals surface area contributed by atoms with Crippen molar-refractivity contribution in [3.05, 3.63) is 0 Å². The smallest absolute Gasteiger partial charge is 0.136 e. The van der Waals surface area contributed by atoms with Gasteiger partial charge in [-0.25, -0.2) is 0 Å². The maximum atomic E-state index is 12.0. The molecule has 0 bridgehead atoms. The summed E-state index contributed by atoms with van der Waals surface area (Å²) in [5.41, 5.74) is 0.273. The van der Waals surface area contributed by atoms with Crippen molar-refractivity contribution in [2.75, 3.05) is 0 Å². The minimum absolute atomic E-state index is 0.273. The van der Waals surface area contributed by atoms with Gasteiger partial charge in [0.2, 0.25) is 0 Å². The second-order valence-corrected chi connectivity index (χ2v) is 6.19. The number of hydrogen-bond donors (Lipinski definition) is 0. The topological polar surface area (TPSA) is 17.1 Å². The lowest BCUT2D eigenvalue weighted by atomic mass is 9.78. The van der Waals surface area contributed by atoms with E-state index in [1.165, 1.54) is 19.3 Å². The number of rotatable bonds is 5. The molecule has 88 valence electrons. The largest absolute Gasteiger partial charge is 0.299 e. The summed E-state index contributed by atoms with van der Waals surface area (Å²) in [7, 11) is 0. The van der Waals surface area contributed by atoms with Crippen LogP contribution in [0.4, 0.5) is 0 Å². The molecule has 0 amide bonds. The zero-order valence-corrected chi connectivity index (χ0v) is 10.8. The molecule has 15 heavy (non-hydrogen) atoms. The van der Waals surface area contributed by atoms with Gasteiger partial charge in [-0.05, 0) is 30.6 Å². The van der Waals surface area contributed by atoms with E-state index in [0.29, 0.717) is 11.7 Å². The molecule has 0 saturated heterocycles. The summed E-state index contributed by atoms with van der Waals surface area (Å²) in [4.78, 5) is 12.0. The van der Waals surface area contributed by atoms with Crippen LogP contribution in [0, 0.1) is 17.3 Å². The van der Waals surface area contributed by atoms with Gasteiger partial charge >= 0.3 is 0 Å². The van der Waals surface area contributed by atoms with E-state index in [-0.39, 0.29) is 5.41 Å². The molecule has 0 radical (unpaired) electrons. The molecule has 1 nitrogen and oxygen atoms in total. The summed E-state index contributed by atoms with van der Waals surface area (Å²) in [6, 6.07) is 0. The summed E-state index contributed by atoms with van der Waals surface area (Å²) in [5, 5.41) is 0. The fourth-order valence-corrected chi connectivity index (χ4v) is 2.78. The van der Waals surface area contributed by atoms with Gasteiger partial charge in [0.15, 0.2) is 0 Å². The van der Waals surface area contributed by atoms with Gasteiger partial charge in [-0.1, -0.05) is 40.5 Å². The minimum Gasteiger partial charge on any atom is -0.299 e.